The third-order valence-corrected chi connectivity index (χ3v) is 7.15. The molecule has 2 fully saturated rings. The molecule has 2 aliphatic rings. The maximum Gasteiger partial charge on any atom is 0.328 e. The molecule has 0 bridgehead atoms. The van der Waals surface area contributed by atoms with Crippen molar-refractivity contribution in [1.29, 1.82) is 0 Å². The second-order valence-electron chi connectivity index (χ2n) is 9.69. The average Bonchev–Trinajstić information content (AvgIpc) is 3.52. The van der Waals surface area contributed by atoms with Crippen LogP contribution in [0.3, 0.4) is 0 Å². The van der Waals surface area contributed by atoms with E-state index in [2.05, 4.69) is 19.9 Å². The first-order valence-electron chi connectivity index (χ1n) is 11.9. The number of hydrogen-bond acceptors (Lipinski definition) is 10. The van der Waals surface area contributed by atoms with Gasteiger partial charge < -0.3 is 28.2 Å². The molecule has 0 aliphatic carbocycles. The van der Waals surface area contributed by atoms with E-state index in [9.17, 15) is 4.57 Å². The predicted molar refractivity (Wildman–Crippen MR) is 136 cm³/mol. The minimum absolute atomic E-state index is 0.000331. The summed E-state index contributed by atoms with van der Waals surface area (Å²) in [5.74, 6) is -0.389. The van der Waals surface area contributed by atoms with Crippen molar-refractivity contribution in [3.8, 4) is 0 Å². The zero-order valence-corrected chi connectivity index (χ0v) is 22.3. The molecule has 2 unspecified atom stereocenters. The molecule has 12 nitrogen and oxygen atoms in total. The third-order valence-electron chi connectivity index (χ3n) is 5.93. The van der Waals surface area contributed by atoms with Gasteiger partial charge in [0, 0.05) is 20.8 Å². The Bertz CT molecular complexity index is 1320. The number of imidazole rings is 1. The van der Waals surface area contributed by atoms with Gasteiger partial charge in [-0.2, -0.15) is 0 Å². The maximum absolute atomic E-state index is 13.0. The fourth-order valence-electron chi connectivity index (χ4n) is 4.32. The summed E-state index contributed by atoms with van der Waals surface area (Å²) < 4.78 is 44.8. The number of benzene rings is 1. The van der Waals surface area contributed by atoms with E-state index in [4.69, 9.17) is 23.3 Å². The molecular formula is C24H31N6O6P. The number of nitrogens with zero attached hydrogens (tertiary/aromatic N) is 6. The summed E-state index contributed by atoms with van der Waals surface area (Å²) in [4.78, 5) is 19.3. The number of hydrogen-bond donors (Lipinski definition) is 0. The largest absolute Gasteiger partial charge is 0.369 e. The van der Waals surface area contributed by atoms with Crippen LogP contribution < -0.4 is 0 Å². The SMILES string of the molecule is CN(C)/C=N\c1ncnc2c1ncn2[C@@H]1O[C@H](COP(C)(=O)OCc2ccccc2)C2OC(C)(C)O[C@@H]21. The lowest BCUT2D eigenvalue weighted by molar-refractivity contribution is -0.199. The molecule has 198 valence electrons. The monoisotopic (exact) mass is 530 g/mol. The summed E-state index contributed by atoms with van der Waals surface area (Å²) in [7, 11) is 0.386. The Morgan fingerprint density at radius 3 is 2.65 bits per heavy atom. The minimum Gasteiger partial charge on any atom is -0.369 e. The Balaban J connectivity index is 1.34. The summed E-state index contributed by atoms with van der Waals surface area (Å²) in [5.41, 5.74) is 1.99. The van der Waals surface area contributed by atoms with E-state index in [0.29, 0.717) is 17.0 Å². The van der Waals surface area contributed by atoms with E-state index < -0.39 is 37.9 Å². The molecule has 1 aromatic carbocycles. The zero-order chi connectivity index (χ0) is 26.2. The van der Waals surface area contributed by atoms with Gasteiger partial charge in [-0.25, -0.2) is 19.9 Å². The van der Waals surface area contributed by atoms with Crippen LogP contribution in [0.15, 0.2) is 48.0 Å². The summed E-state index contributed by atoms with van der Waals surface area (Å²) in [6.45, 7) is 5.32. The fraction of sp³-hybridized carbons (Fsp3) is 0.500. The fourth-order valence-corrected chi connectivity index (χ4v) is 5.20. The maximum atomic E-state index is 13.0. The highest BCUT2D eigenvalue weighted by Crippen LogP contribution is 2.48. The van der Waals surface area contributed by atoms with E-state index >= 15 is 0 Å². The normalized spacial score (nSPS) is 26.5. The molecule has 0 amide bonds. The van der Waals surface area contributed by atoms with Crippen LogP contribution in [0.2, 0.25) is 0 Å². The first kappa shape index (κ1) is 25.9. The van der Waals surface area contributed by atoms with Crippen molar-refractivity contribution >= 4 is 30.9 Å². The van der Waals surface area contributed by atoms with Gasteiger partial charge in [0.15, 0.2) is 29.0 Å². The van der Waals surface area contributed by atoms with Gasteiger partial charge in [-0.3, -0.25) is 9.13 Å². The minimum atomic E-state index is -3.36. The average molecular weight is 531 g/mol. The third kappa shape index (κ3) is 5.74. The van der Waals surface area contributed by atoms with Crippen LogP contribution in [-0.2, 0) is 34.4 Å². The molecule has 0 spiro atoms. The van der Waals surface area contributed by atoms with E-state index in [1.807, 2.05) is 63.2 Å². The molecule has 3 aromatic rings. The van der Waals surface area contributed by atoms with Gasteiger partial charge in [0.1, 0.15) is 24.6 Å². The standard InChI is InChI=1S/C24H31N6O6P/c1-24(2)35-19-17(12-33-37(5,31)32-11-16-9-7-6-8-10-16)34-23(20(19)36-24)30-15-27-18-21(28-14-29(3)4)25-13-26-22(18)30/h6-10,13-15,17,19-20,23H,11-12H2,1-5H3/b28-14-/t17-,19?,20+,23-,37?/m1/s1. The van der Waals surface area contributed by atoms with Crippen LogP contribution in [0, 0.1) is 0 Å². The van der Waals surface area contributed by atoms with Crippen molar-refractivity contribution in [1.82, 2.24) is 24.4 Å². The smallest absolute Gasteiger partial charge is 0.328 e. The number of aliphatic imine (C=N–C) groups is 1. The Morgan fingerprint density at radius 1 is 1.14 bits per heavy atom. The lowest BCUT2D eigenvalue weighted by Crippen LogP contribution is -2.32. The quantitative estimate of drug-likeness (QED) is 0.231. The molecule has 2 saturated heterocycles. The molecule has 5 atom stereocenters. The Kier molecular flexibility index (Phi) is 7.14. The molecule has 0 N–H and O–H groups in total. The molecule has 2 aliphatic heterocycles. The highest BCUT2D eigenvalue weighted by Gasteiger charge is 2.56. The van der Waals surface area contributed by atoms with Crippen LogP contribution in [-0.4, -0.2) is 82.2 Å². The second kappa shape index (κ2) is 10.2. The molecule has 4 heterocycles. The van der Waals surface area contributed by atoms with Crippen molar-refractivity contribution in [2.45, 2.75) is 50.8 Å². The van der Waals surface area contributed by atoms with Crippen molar-refractivity contribution in [3.05, 3.63) is 48.5 Å². The van der Waals surface area contributed by atoms with Crippen molar-refractivity contribution in [3.63, 3.8) is 0 Å². The zero-order valence-electron chi connectivity index (χ0n) is 21.4. The second-order valence-corrected chi connectivity index (χ2v) is 11.7. The van der Waals surface area contributed by atoms with Gasteiger partial charge in [-0.15, -0.1) is 0 Å². The molecular weight excluding hydrogens is 499 g/mol. The molecule has 0 saturated carbocycles. The van der Waals surface area contributed by atoms with Gasteiger partial charge in [-0.05, 0) is 19.4 Å². The van der Waals surface area contributed by atoms with Gasteiger partial charge in [0.2, 0.25) is 0 Å². The summed E-state index contributed by atoms with van der Waals surface area (Å²) in [6, 6.07) is 9.51. The molecule has 0 radical (unpaired) electrons. The number of ether oxygens (including phenoxy) is 3. The van der Waals surface area contributed by atoms with Crippen molar-refractivity contribution < 1.29 is 27.8 Å². The highest BCUT2D eigenvalue weighted by atomic mass is 31.2. The summed E-state index contributed by atoms with van der Waals surface area (Å²) in [6.07, 6.45) is 2.62. The van der Waals surface area contributed by atoms with Crippen molar-refractivity contribution in [2.24, 2.45) is 4.99 Å². The molecule has 5 rings (SSSR count). The number of rotatable bonds is 9. The summed E-state index contributed by atoms with van der Waals surface area (Å²) in [5, 5.41) is 0. The number of aromatic nitrogens is 4. The topological polar surface area (TPSA) is 122 Å². The van der Waals surface area contributed by atoms with Crippen LogP contribution in [0.25, 0.3) is 11.2 Å². The number of fused-ring (bicyclic) bond motifs is 2. The van der Waals surface area contributed by atoms with E-state index in [1.165, 1.54) is 13.0 Å². The lowest BCUT2D eigenvalue weighted by Gasteiger charge is -2.25. The lowest BCUT2D eigenvalue weighted by atomic mass is 10.1. The highest BCUT2D eigenvalue weighted by molar-refractivity contribution is 7.52. The Morgan fingerprint density at radius 2 is 1.89 bits per heavy atom. The Labute approximate surface area is 215 Å². The van der Waals surface area contributed by atoms with Crippen LogP contribution in [0.4, 0.5) is 5.82 Å². The molecule has 13 heteroatoms. The van der Waals surface area contributed by atoms with Gasteiger partial charge in [0.25, 0.3) is 0 Å². The van der Waals surface area contributed by atoms with Crippen LogP contribution in [0.1, 0.15) is 25.6 Å². The van der Waals surface area contributed by atoms with E-state index in [1.54, 1.807) is 17.2 Å². The van der Waals surface area contributed by atoms with Gasteiger partial charge in [-0.1, -0.05) is 30.3 Å². The van der Waals surface area contributed by atoms with Gasteiger partial charge in [0.05, 0.1) is 25.9 Å². The summed E-state index contributed by atoms with van der Waals surface area (Å²) >= 11 is 0. The van der Waals surface area contributed by atoms with Crippen LogP contribution in [0.5, 0.6) is 0 Å². The Hall–Kier alpha value is -2.73. The molecule has 2 aromatic heterocycles. The predicted octanol–water partition coefficient (Wildman–Crippen LogP) is 3.52. The van der Waals surface area contributed by atoms with E-state index in [-0.39, 0.29) is 13.2 Å². The van der Waals surface area contributed by atoms with E-state index in [0.717, 1.165) is 5.56 Å². The van der Waals surface area contributed by atoms with Crippen LogP contribution >= 0.6 is 7.60 Å². The first-order chi connectivity index (χ1) is 17.6. The molecule has 37 heavy (non-hydrogen) atoms. The van der Waals surface area contributed by atoms with Crippen molar-refractivity contribution in [2.75, 3.05) is 27.4 Å². The first-order valence-corrected chi connectivity index (χ1v) is 13.9. The van der Waals surface area contributed by atoms with Gasteiger partial charge >= 0.3 is 7.60 Å².